The molecule has 0 radical (unpaired) electrons. The second-order valence-corrected chi connectivity index (χ2v) is 3.80. The van der Waals surface area contributed by atoms with Crippen molar-refractivity contribution in [1.82, 2.24) is 0 Å². The van der Waals surface area contributed by atoms with E-state index >= 15 is 0 Å². The molecule has 1 N–H and O–H groups in total. The Kier molecular flexibility index (Phi) is 3.81. The molecule has 0 saturated heterocycles. The van der Waals surface area contributed by atoms with Crippen molar-refractivity contribution >= 4 is 5.69 Å². The first-order valence-corrected chi connectivity index (χ1v) is 5.20. The Balaban J connectivity index is 2.82. The summed E-state index contributed by atoms with van der Waals surface area (Å²) in [6.07, 6.45) is 1.14. The smallest absolute Gasteiger partial charge is 0.115 e. The van der Waals surface area contributed by atoms with Gasteiger partial charge in [-0.1, -0.05) is 6.92 Å². The molecule has 14 heavy (non-hydrogen) atoms. The van der Waals surface area contributed by atoms with Gasteiger partial charge in [0.15, 0.2) is 0 Å². The number of nitrogens with zero attached hydrogens (tertiary/aromatic N) is 1. The first kappa shape index (κ1) is 10.9. The van der Waals surface area contributed by atoms with Gasteiger partial charge in [-0.3, -0.25) is 0 Å². The molecule has 0 aliphatic carbocycles. The maximum Gasteiger partial charge on any atom is 0.115 e. The number of benzene rings is 1. The van der Waals surface area contributed by atoms with Gasteiger partial charge in [0.05, 0.1) is 0 Å². The van der Waals surface area contributed by atoms with Crippen LogP contribution >= 0.6 is 0 Å². The molecule has 0 aromatic heterocycles. The SMILES string of the molecule is CCCN(c1ccc(O)cc1)C(C)C. The number of hydrogen-bond acceptors (Lipinski definition) is 2. The van der Waals surface area contributed by atoms with Crippen molar-refractivity contribution in [2.75, 3.05) is 11.4 Å². The fourth-order valence-corrected chi connectivity index (χ4v) is 1.57. The molecule has 78 valence electrons. The number of rotatable bonds is 4. The van der Waals surface area contributed by atoms with Crippen molar-refractivity contribution in [3.8, 4) is 5.75 Å². The zero-order valence-electron chi connectivity index (χ0n) is 9.20. The molecule has 0 atom stereocenters. The standard InChI is InChI=1S/C12H19NO/c1-4-9-13(10(2)3)11-5-7-12(14)8-6-11/h5-8,10,14H,4,9H2,1-3H3. The van der Waals surface area contributed by atoms with Gasteiger partial charge in [-0.2, -0.15) is 0 Å². The largest absolute Gasteiger partial charge is 0.508 e. The fraction of sp³-hybridized carbons (Fsp3) is 0.500. The van der Waals surface area contributed by atoms with Crippen molar-refractivity contribution in [1.29, 1.82) is 0 Å². The van der Waals surface area contributed by atoms with Crippen LogP contribution in [0.1, 0.15) is 27.2 Å². The van der Waals surface area contributed by atoms with Crippen LogP contribution in [0, 0.1) is 0 Å². The molecule has 1 rings (SSSR count). The van der Waals surface area contributed by atoms with Gasteiger partial charge in [0.1, 0.15) is 5.75 Å². The second-order valence-electron chi connectivity index (χ2n) is 3.80. The molecule has 0 aliphatic rings. The Hall–Kier alpha value is -1.18. The lowest BCUT2D eigenvalue weighted by Gasteiger charge is -2.28. The summed E-state index contributed by atoms with van der Waals surface area (Å²) in [6.45, 7) is 7.60. The van der Waals surface area contributed by atoms with E-state index in [2.05, 4.69) is 25.7 Å². The van der Waals surface area contributed by atoms with Crippen LogP contribution < -0.4 is 4.90 Å². The van der Waals surface area contributed by atoms with E-state index in [0.29, 0.717) is 11.8 Å². The summed E-state index contributed by atoms with van der Waals surface area (Å²) in [5, 5.41) is 9.19. The molecule has 0 unspecified atom stereocenters. The first-order chi connectivity index (χ1) is 6.65. The molecule has 1 aromatic carbocycles. The first-order valence-electron chi connectivity index (χ1n) is 5.20. The number of phenolic OH excluding ortho intramolecular Hbond substituents is 1. The maximum absolute atomic E-state index is 9.19. The summed E-state index contributed by atoms with van der Waals surface area (Å²) >= 11 is 0. The fourth-order valence-electron chi connectivity index (χ4n) is 1.57. The summed E-state index contributed by atoms with van der Waals surface area (Å²) in [4.78, 5) is 2.33. The van der Waals surface area contributed by atoms with Crippen LogP contribution in [0.25, 0.3) is 0 Å². The predicted octanol–water partition coefficient (Wildman–Crippen LogP) is 3.02. The van der Waals surface area contributed by atoms with Crippen LogP contribution in [-0.2, 0) is 0 Å². The lowest BCUT2D eigenvalue weighted by Crippen LogP contribution is -2.31. The molecule has 0 amide bonds. The molecule has 0 saturated carbocycles. The molecular formula is C12H19NO. The molecular weight excluding hydrogens is 174 g/mol. The number of hydrogen-bond donors (Lipinski definition) is 1. The summed E-state index contributed by atoms with van der Waals surface area (Å²) in [5.41, 5.74) is 1.18. The van der Waals surface area contributed by atoms with Gasteiger partial charge in [0.2, 0.25) is 0 Å². The van der Waals surface area contributed by atoms with E-state index in [9.17, 15) is 5.11 Å². The van der Waals surface area contributed by atoms with Crippen LogP contribution in [0.3, 0.4) is 0 Å². The highest BCUT2D eigenvalue weighted by atomic mass is 16.3. The van der Waals surface area contributed by atoms with Crippen molar-refractivity contribution in [3.05, 3.63) is 24.3 Å². The van der Waals surface area contributed by atoms with Gasteiger partial charge in [0.25, 0.3) is 0 Å². The van der Waals surface area contributed by atoms with E-state index in [0.717, 1.165) is 13.0 Å². The third-order valence-corrected chi connectivity index (χ3v) is 2.27. The van der Waals surface area contributed by atoms with Crippen LogP contribution in [0.4, 0.5) is 5.69 Å². The van der Waals surface area contributed by atoms with E-state index in [4.69, 9.17) is 0 Å². The van der Waals surface area contributed by atoms with Crippen molar-refractivity contribution in [3.63, 3.8) is 0 Å². The molecule has 0 bridgehead atoms. The average Bonchev–Trinajstić information content (AvgIpc) is 2.15. The van der Waals surface area contributed by atoms with E-state index < -0.39 is 0 Å². The lowest BCUT2D eigenvalue weighted by molar-refractivity contribution is 0.475. The minimum atomic E-state index is 0.328. The highest BCUT2D eigenvalue weighted by Crippen LogP contribution is 2.20. The quantitative estimate of drug-likeness (QED) is 0.794. The molecule has 2 nitrogen and oxygen atoms in total. The lowest BCUT2D eigenvalue weighted by atomic mass is 10.2. The van der Waals surface area contributed by atoms with Crippen LogP contribution in [-0.4, -0.2) is 17.7 Å². The number of aromatic hydroxyl groups is 1. The molecule has 0 spiro atoms. The maximum atomic E-state index is 9.19. The van der Waals surface area contributed by atoms with Crippen molar-refractivity contribution in [2.24, 2.45) is 0 Å². The normalized spacial score (nSPS) is 10.6. The minimum Gasteiger partial charge on any atom is -0.508 e. The summed E-state index contributed by atoms with van der Waals surface area (Å²) < 4.78 is 0. The van der Waals surface area contributed by atoms with E-state index in [1.807, 2.05) is 12.1 Å². The van der Waals surface area contributed by atoms with Gasteiger partial charge >= 0.3 is 0 Å². The van der Waals surface area contributed by atoms with Gasteiger partial charge in [-0.05, 0) is 44.5 Å². The van der Waals surface area contributed by atoms with Crippen LogP contribution in [0.2, 0.25) is 0 Å². The third-order valence-electron chi connectivity index (χ3n) is 2.27. The van der Waals surface area contributed by atoms with Crippen LogP contribution in [0.5, 0.6) is 5.75 Å². The Morgan fingerprint density at radius 2 is 1.79 bits per heavy atom. The predicted molar refractivity (Wildman–Crippen MR) is 60.9 cm³/mol. The van der Waals surface area contributed by atoms with Gasteiger partial charge in [-0.25, -0.2) is 0 Å². The zero-order valence-corrected chi connectivity index (χ0v) is 9.20. The number of anilines is 1. The minimum absolute atomic E-state index is 0.328. The van der Waals surface area contributed by atoms with E-state index in [1.165, 1.54) is 5.69 Å². The number of phenols is 1. The Labute approximate surface area is 86.2 Å². The Morgan fingerprint density at radius 1 is 1.21 bits per heavy atom. The molecule has 0 aliphatic heterocycles. The Bertz CT molecular complexity index is 266. The summed E-state index contributed by atoms with van der Waals surface area (Å²) in [7, 11) is 0. The molecule has 0 heterocycles. The monoisotopic (exact) mass is 193 g/mol. The average molecular weight is 193 g/mol. The van der Waals surface area contributed by atoms with E-state index in [-0.39, 0.29) is 0 Å². The zero-order chi connectivity index (χ0) is 10.6. The van der Waals surface area contributed by atoms with Gasteiger partial charge in [-0.15, -0.1) is 0 Å². The third kappa shape index (κ3) is 2.66. The molecule has 1 aromatic rings. The topological polar surface area (TPSA) is 23.5 Å². The summed E-state index contributed by atoms with van der Waals surface area (Å²) in [5.74, 6) is 0.328. The highest BCUT2D eigenvalue weighted by molar-refractivity contribution is 5.49. The molecule has 2 heteroatoms. The van der Waals surface area contributed by atoms with Crippen molar-refractivity contribution < 1.29 is 5.11 Å². The summed E-state index contributed by atoms with van der Waals surface area (Å²) in [6, 6.07) is 7.90. The Morgan fingerprint density at radius 3 is 2.21 bits per heavy atom. The van der Waals surface area contributed by atoms with E-state index in [1.54, 1.807) is 12.1 Å². The highest BCUT2D eigenvalue weighted by Gasteiger charge is 2.08. The molecule has 0 fully saturated rings. The van der Waals surface area contributed by atoms with Gasteiger partial charge in [0, 0.05) is 18.3 Å². The second kappa shape index (κ2) is 4.89. The van der Waals surface area contributed by atoms with Crippen LogP contribution in [0.15, 0.2) is 24.3 Å². The van der Waals surface area contributed by atoms with Gasteiger partial charge < -0.3 is 10.0 Å². The van der Waals surface area contributed by atoms with Crippen molar-refractivity contribution in [2.45, 2.75) is 33.2 Å².